The van der Waals surface area contributed by atoms with Gasteiger partial charge in [0, 0.05) is 13.6 Å². The molecule has 0 bridgehead atoms. The van der Waals surface area contributed by atoms with E-state index in [9.17, 15) is 8.39 Å². The molecule has 0 radical (unpaired) electrons. The minimum absolute atomic E-state index is 1.05. The van der Waals surface area contributed by atoms with Gasteiger partial charge in [0.25, 0.3) is 0 Å². The molecule has 0 aliphatic carbocycles. The zero-order valence-electron chi connectivity index (χ0n) is 6.52. The van der Waals surface area contributed by atoms with Gasteiger partial charge in [-0.2, -0.15) is 0 Å². The average molecular weight is 197 g/mol. The molecule has 1 N–H and O–H groups in total. The average Bonchev–Trinajstić information content (AvgIpc) is 1.85. The molecule has 3 nitrogen and oxygen atoms in total. The summed E-state index contributed by atoms with van der Waals surface area (Å²) in [6.07, 6.45) is 8.27. The second kappa shape index (κ2) is 5.06. The summed E-state index contributed by atoms with van der Waals surface area (Å²) >= 11 is 0. The van der Waals surface area contributed by atoms with Gasteiger partial charge >= 0.3 is 7.99 Å². The molecule has 1 heterocycles. The standard InChI is InChI=1S/C6H9N.F2HO2P/c1-7-5-3-2-4-6-7;1-5(2,3)4/h2-5H,6H2,1H3;(H,3,4). The summed E-state index contributed by atoms with van der Waals surface area (Å²) in [6.45, 7) is 1.05. The van der Waals surface area contributed by atoms with E-state index in [4.69, 9.17) is 9.46 Å². The molecule has 70 valence electrons. The van der Waals surface area contributed by atoms with Crippen molar-refractivity contribution in [3.05, 3.63) is 24.4 Å². The first-order chi connectivity index (χ1) is 5.39. The number of halogens is 2. The highest BCUT2D eigenvalue weighted by atomic mass is 31.2. The van der Waals surface area contributed by atoms with Crippen LogP contribution in [0.25, 0.3) is 0 Å². The summed E-state index contributed by atoms with van der Waals surface area (Å²) in [5.41, 5.74) is 0. The highest BCUT2D eigenvalue weighted by molar-refractivity contribution is 7.46. The third-order valence-corrected chi connectivity index (χ3v) is 0.981. The van der Waals surface area contributed by atoms with Crippen LogP contribution in [-0.4, -0.2) is 23.4 Å². The van der Waals surface area contributed by atoms with Gasteiger partial charge in [-0.25, -0.2) is 4.57 Å². The van der Waals surface area contributed by atoms with Crippen LogP contribution in [0.3, 0.4) is 0 Å². The molecule has 0 fully saturated rings. The fraction of sp³-hybridized carbons (Fsp3) is 0.333. The second-order valence-electron chi connectivity index (χ2n) is 2.14. The normalized spacial score (nSPS) is 15.5. The molecular weight excluding hydrogens is 187 g/mol. The highest BCUT2D eigenvalue weighted by Gasteiger charge is 2.09. The fourth-order valence-corrected chi connectivity index (χ4v) is 0.563. The molecule has 0 amide bonds. The largest absolute Gasteiger partial charge is 0.549 e. The smallest absolute Gasteiger partial charge is 0.377 e. The van der Waals surface area contributed by atoms with Crippen molar-refractivity contribution in [2.24, 2.45) is 0 Å². The molecule has 0 atom stereocenters. The lowest BCUT2D eigenvalue weighted by Gasteiger charge is -2.11. The third-order valence-electron chi connectivity index (χ3n) is 0.981. The predicted octanol–water partition coefficient (Wildman–Crippen LogP) is 2.03. The molecule has 1 aliphatic rings. The van der Waals surface area contributed by atoms with Crippen molar-refractivity contribution in [1.82, 2.24) is 4.90 Å². The van der Waals surface area contributed by atoms with Gasteiger partial charge in [-0.3, -0.25) is 4.89 Å². The first kappa shape index (κ1) is 11.3. The lowest BCUT2D eigenvalue weighted by molar-refractivity contribution is 0.376. The van der Waals surface area contributed by atoms with Crippen molar-refractivity contribution in [1.29, 1.82) is 0 Å². The van der Waals surface area contributed by atoms with Crippen molar-refractivity contribution in [3.8, 4) is 0 Å². The number of likely N-dealkylation sites (N-methyl/N-ethyl adjacent to an activating group) is 1. The van der Waals surface area contributed by atoms with E-state index in [1.54, 1.807) is 0 Å². The first-order valence-corrected chi connectivity index (χ1v) is 4.59. The molecular formula is C6H10F2NO2P. The summed E-state index contributed by atoms with van der Waals surface area (Å²) in [7, 11) is -3.58. The Hall–Kier alpha value is -0.670. The molecule has 1 rings (SSSR count). The summed E-state index contributed by atoms with van der Waals surface area (Å²) in [5, 5.41) is 0. The maximum absolute atomic E-state index is 10.1. The van der Waals surface area contributed by atoms with Gasteiger partial charge in [-0.1, -0.05) is 12.2 Å². The van der Waals surface area contributed by atoms with Gasteiger partial charge in [0.2, 0.25) is 0 Å². The van der Waals surface area contributed by atoms with Gasteiger partial charge in [0.1, 0.15) is 0 Å². The Labute approximate surface area is 69.7 Å². The highest BCUT2D eigenvalue weighted by Crippen LogP contribution is 2.43. The van der Waals surface area contributed by atoms with Crippen molar-refractivity contribution < 1.29 is 17.9 Å². The number of allylic oxidation sites excluding steroid dienone is 2. The Bertz CT molecular complexity index is 215. The molecule has 0 saturated carbocycles. The molecule has 0 unspecified atom stereocenters. The quantitative estimate of drug-likeness (QED) is 0.604. The number of hydrogen-bond acceptors (Lipinski definition) is 2. The van der Waals surface area contributed by atoms with Crippen molar-refractivity contribution in [2.45, 2.75) is 0 Å². The monoisotopic (exact) mass is 197 g/mol. The summed E-state index contributed by atoms with van der Waals surface area (Å²) in [4.78, 5) is 8.87. The van der Waals surface area contributed by atoms with Gasteiger partial charge in [-0.15, -0.1) is 8.39 Å². The van der Waals surface area contributed by atoms with E-state index in [0.29, 0.717) is 0 Å². The van der Waals surface area contributed by atoms with Crippen LogP contribution in [0.1, 0.15) is 0 Å². The SMILES string of the molecule is CN1C=CC=CC1.O=P(O)(F)F. The Balaban J connectivity index is 0.000000217. The van der Waals surface area contributed by atoms with Crippen LogP contribution in [0.15, 0.2) is 24.4 Å². The number of nitrogens with zero attached hydrogens (tertiary/aromatic N) is 1. The minimum atomic E-state index is -5.64. The Morgan fingerprint density at radius 3 is 2.17 bits per heavy atom. The molecule has 12 heavy (non-hydrogen) atoms. The summed E-state index contributed by atoms with van der Waals surface area (Å²) in [5.74, 6) is 0. The van der Waals surface area contributed by atoms with E-state index in [0.717, 1.165) is 6.54 Å². The van der Waals surface area contributed by atoms with Crippen LogP contribution in [0.4, 0.5) is 8.39 Å². The summed E-state index contributed by atoms with van der Waals surface area (Å²) in [6, 6.07) is 0. The molecule has 0 aromatic heterocycles. The molecule has 1 aliphatic heterocycles. The van der Waals surface area contributed by atoms with E-state index in [2.05, 4.69) is 30.3 Å². The minimum Gasteiger partial charge on any atom is -0.377 e. The van der Waals surface area contributed by atoms with Gasteiger partial charge in [-0.05, 0) is 12.3 Å². The number of hydrogen-bond donors (Lipinski definition) is 1. The van der Waals surface area contributed by atoms with Crippen molar-refractivity contribution in [2.75, 3.05) is 13.6 Å². The molecule has 6 heteroatoms. The Kier molecular flexibility index (Phi) is 4.78. The number of rotatable bonds is 0. The zero-order chi connectivity index (χ0) is 9.61. The van der Waals surface area contributed by atoms with Crippen LogP contribution in [0, 0.1) is 0 Å². The third kappa shape index (κ3) is 12.0. The van der Waals surface area contributed by atoms with Crippen LogP contribution in [0.5, 0.6) is 0 Å². The van der Waals surface area contributed by atoms with E-state index in [1.807, 2.05) is 6.08 Å². The van der Waals surface area contributed by atoms with E-state index >= 15 is 0 Å². The maximum atomic E-state index is 10.1. The van der Waals surface area contributed by atoms with Gasteiger partial charge in [0.15, 0.2) is 0 Å². The van der Waals surface area contributed by atoms with Crippen molar-refractivity contribution in [3.63, 3.8) is 0 Å². The lowest BCUT2D eigenvalue weighted by Crippen LogP contribution is -2.11. The van der Waals surface area contributed by atoms with Crippen LogP contribution in [0.2, 0.25) is 0 Å². The Morgan fingerprint density at radius 1 is 1.50 bits per heavy atom. The van der Waals surface area contributed by atoms with Crippen LogP contribution in [-0.2, 0) is 4.57 Å². The lowest BCUT2D eigenvalue weighted by atomic mass is 10.4. The molecule has 0 aromatic carbocycles. The maximum Gasteiger partial charge on any atom is 0.549 e. The fourth-order valence-electron chi connectivity index (χ4n) is 0.563. The predicted molar refractivity (Wildman–Crippen MR) is 43.0 cm³/mol. The van der Waals surface area contributed by atoms with Gasteiger partial charge in [0.05, 0.1) is 0 Å². The molecule has 0 saturated heterocycles. The van der Waals surface area contributed by atoms with Gasteiger partial charge < -0.3 is 4.90 Å². The van der Waals surface area contributed by atoms with Crippen molar-refractivity contribution >= 4 is 7.99 Å². The Morgan fingerprint density at radius 2 is 2.00 bits per heavy atom. The zero-order valence-corrected chi connectivity index (χ0v) is 7.42. The topological polar surface area (TPSA) is 40.5 Å². The molecule has 0 aromatic rings. The molecule has 0 spiro atoms. The van der Waals surface area contributed by atoms with Crippen LogP contribution < -0.4 is 0 Å². The van der Waals surface area contributed by atoms with E-state index in [-0.39, 0.29) is 0 Å². The summed E-state index contributed by atoms with van der Waals surface area (Å²) < 4.78 is 28.7. The first-order valence-electron chi connectivity index (χ1n) is 3.15. The van der Waals surface area contributed by atoms with E-state index < -0.39 is 7.99 Å². The van der Waals surface area contributed by atoms with Crippen LogP contribution >= 0.6 is 7.99 Å². The second-order valence-corrected chi connectivity index (χ2v) is 3.01. The van der Waals surface area contributed by atoms with E-state index in [1.165, 1.54) is 0 Å².